The SMILES string of the molecule is Clc1cc(Cl)c(CN2CC3CCCNC3C2)cn1. The molecule has 2 aliphatic rings. The summed E-state index contributed by atoms with van der Waals surface area (Å²) in [5.41, 5.74) is 1.07. The highest BCUT2D eigenvalue weighted by Gasteiger charge is 2.34. The van der Waals surface area contributed by atoms with E-state index in [9.17, 15) is 0 Å². The molecule has 0 spiro atoms. The van der Waals surface area contributed by atoms with Crippen molar-refractivity contribution >= 4 is 23.2 Å². The predicted molar refractivity (Wildman–Crippen MR) is 74.0 cm³/mol. The van der Waals surface area contributed by atoms with Crippen molar-refractivity contribution in [1.29, 1.82) is 0 Å². The van der Waals surface area contributed by atoms with Crippen LogP contribution in [0.4, 0.5) is 0 Å². The molecule has 0 bridgehead atoms. The molecule has 0 radical (unpaired) electrons. The molecule has 2 atom stereocenters. The number of pyridine rings is 1. The summed E-state index contributed by atoms with van der Waals surface area (Å²) in [6.45, 7) is 4.32. The Balaban J connectivity index is 1.66. The van der Waals surface area contributed by atoms with E-state index in [0.29, 0.717) is 11.2 Å². The summed E-state index contributed by atoms with van der Waals surface area (Å²) in [5.74, 6) is 0.804. The molecule has 98 valence electrons. The Morgan fingerprint density at radius 3 is 3.06 bits per heavy atom. The van der Waals surface area contributed by atoms with Gasteiger partial charge in [-0.15, -0.1) is 0 Å². The fourth-order valence-electron chi connectivity index (χ4n) is 3.06. The predicted octanol–water partition coefficient (Wildman–Crippen LogP) is 2.57. The molecule has 3 rings (SSSR count). The molecule has 2 fully saturated rings. The van der Waals surface area contributed by atoms with Gasteiger partial charge in [0.1, 0.15) is 5.15 Å². The molecule has 5 heteroatoms. The van der Waals surface area contributed by atoms with E-state index in [-0.39, 0.29) is 0 Å². The third-order valence-corrected chi connectivity index (χ3v) is 4.52. The lowest BCUT2D eigenvalue weighted by atomic mass is 9.94. The van der Waals surface area contributed by atoms with Crippen LogP contribution in [-0.2, 0) is 6.54 Å². The van der Waals surface area contributed by atoms with Crippen LogP contribution < -0.4 is 5.32 Å². The molecule has 3 heterocycles. The number of aromatic nitrogens is 1. The van der Waals surface area contributed by atoms with E-state index < -0.39 is 0 Å². The second kappa shape index (κ2) is 5.33. The number of rotatable bonds is 2. The molecule has 1 N–H and O–H groups in total. The highest BCUT2D eigenvalue weighted by molar-refractivity contribution is 6.34. The van der Waals surface area contributed by atoms with E-state index in [2.05, 4.69) is 15.2 Å². The summed E-state index contributed by atoms with van der Waals surface area (Å²) >= 11 is 12.0. The van der Waals surface area contributed by atoms with Gasteiger partial charge in [0.2, 0.25) is 0 Å². The molecule has 1 aromatic rings. The maximum absolute atomic E-state index is 6.19. The van der Waals surface area contributed by atoms with Crippen molar-refractivity contribution in [3.8, 4) is 0 Å². The number of hydrogen-bond donors (Lipinski definition) is 1. The molecular weight excluding hydrogens is 269 g/mol. The van der Waals surface area contributed by atoms with Crippen LogP contribution in [0.3, 0.4) is 0 Å². The van der Waals surface area contributed by atoms with Crippen molar-refractivity contribution in [3.63, 3.8) is 0 Å². The Kier molecular flexibility index (Phi) is 3.76. The van der Waals surface area contributed by atoms with Gasteiger partial charge in [-0.1, -0.05) is 23.2 Å². The van der Waals surface area contributed by atoms with Crippen LogP contribution in [0.15, 0.2) is 12.3 Å². The topological polar surface area (TPSA) is 28.2 Å². The third-order valence-electron chi connectivity index (χ3n) is 3.97. The number of piperidine rings is 1. The zero-order chi connectivity index (χ0) is 12.5. The first kappa shape index (κ1) is 12.7. The van der Waals surface area contributed by atoms with Crippen molar-refractivity contribution in [2.75, 3.05) is 19.6 Å². The van der Waals surface area contributed by atoms with Crippen molar-refractivity contribution in [2.24, 2.45) is 5.92 Å². The van der Waals surface area contributed by atoms with Crippen LogP contribution in [0.2, 0.25) is 10.2 Å². The van der Waals surface area contributed by atoms with E-state index in [1.165, 1.54) is 12.8 Å². The molecule has 2 saturated heterocycles. The largest absolute Gasteiger partial charge is 0.312 e. The Bertz CT molecular complexity index is 424. The fourth-order valence-corrected chi connectivity index (χ4v) is 3.48. The molecular formula is C13H17Cl2N3. The summed E-state index contributed by atoms with van der Waals surface area (Å²) in [6.07, 6.45) is 4.44. The van der Waals surface area contributed by atoms with Crippen LogP contribution >= 0.6 is 23.2 Å². The summed E-state index contributed by atoms with van der Waals surface area (Å²) < 4.78 is 0. The molecule has 2 unspecified atom stereocenters. The van der Waals surface area contributed by atoms with Crippen molar-refractivity contribution in [2.45, 2.75) is 25.4 Å². The van der Waals surface area contributed by atoms with E-state index in [1.54, 1.807) is 12.3 Å². The Labute approximate surface area is 117 Å². The van der Waals surface area contributed by atoms with Crippen LogP contribution in [0.25, 0.3) is 0 Å². The van der Waals surface area contributed by atoms with Crippen molar-refractivity contribution < 1.29 is 0 Å². The highest BCUT2D eigenvalue weighted by atomic mass is 35.5. The molecule has 2 aliphatic heterocycles. The summed E-state index contributed by atoms with van der Waals surface area (Å²) in [7, 11) is 0. The zero-order valence-corrected chi connectivity index (χ0v) is 11.7. The minimum atomic E-state index is 0.459. The molecule has 1 aromatic heterocycles. The number of fused-ring (bicyclic) bond motifs is 1. The van der Waals surface area contributed by atoms with Crippen LogP contribution in [0.5, 0.6) is 0 Å². The van der Waals surface area contributed by atoms with Gasteiger partial charge in [0.25, 0.3) is 0 Å². The average Bonchev–Trinajstić information content (AvgIpc) is 2.75. The molecule has 0 saturated carbocycles. The zero-order valence-electron chi connectivity index (χ0n) is 10.2. The van der Waals surface area contributed by atoms with E-state index in [1.807, 2.05) is 0 Å². The number of nitrogens with zero attached hydrogens (tertiary/aromatic N) is 2. The second-order valence-electron chi connectivity index (χ2n) is 5.26. The molecule has 3 nitrogen and oxygen atoms in total. The van der Waals surface area contributed by atoms with Gasteiger partial charge in [-0.25, -0.2) is 4.98 Å². The van der Waals surface area contributed by atoms with Gasteiger partial charge in [0.15, 0.2) is 0 Å². The van der Waals surface area contributed by atoms with Crippen molar-refractivity contribution in [1.82, 2.24) is 15.2 Å². The number of halogens is 2. The maximum Gasteiger partial charge on any atom is 0.130 e. The van der Waals surface area contributed by atoms with Gasteiger partial charge in [0, 0.05) is 42.5 Å². The monoisotopic (exact) mass is 285 g/mol. The van der Waals surface area contributed by atoms with Crippen LogP contribution in [-0.4, -0.2) is 35.6 Å². The molecule has 0 aliphatic carbocycles. The lowest BCUT2D eigenvalue weighted by molar-refractivity contribution is 0.312. The normalized spacial score (nSPS) is 28.3. The second-order valence-corrected chi connectivity index (χ2v) is 6.05. The van der Waals surface area contributed by atoms with Gasteiger partial charge in [0.05, 0.1) is 0 Å². The summed E-state index contributed by atoms with van der Waals surface area (Å²) in [5, 5.41) is 4.79. The fraction of sp³-hybridized carbons (Fsp3) is 0.615. The van der Waals surface area contributed by atoms with Crippen molar-refractivity contribution in [3.05, 3.63) is 28.0 Å². The average molecular weight is 286 g/mol. The lowest BCUT2D eigenvalue weighted by Crippen LogP contribution is -2.40. The molecule has 0 aromatic carbocycles. The Hall–Kier alpha value is -0.350. The third kappa shape index (κ3) is 2.64. The van der Waals surface area contributed by atoms with Crippen LogP contribution in [0, 0.1) is 5.92 Å². The molecule has 0 amide bonds. The van der Waals surface area contributed by atoms with Gasteiger partial charge in [-0.3, -0.25) is 4.90 Å². The minimum Gasteiger partial charge on any atom is -0.312 e. The Morgan fingerprint density at radius 1 is 1.39 bits per heavy atom. The highest BCUT2D eigenvalue weighted by Crippen LogP contribution is 2.27. The van der Waals surface area contributed by atoms with E-state index in [0.717, 1.165) is 42.7 Å². The first-order valence-electron chi connectivity index (χ1n) is 6.48. The summed E-state index contributed by atoms with van der Waals surface area (Å²) in [6, 6.07) is 2.39. The smallest absolute Gasteiger partial charge is 0.130 e. The Morgan fingerprint density at radius 2 is 2.28 bits per heavy atom. The van der Waals surface area contributed by atoms with E-state index >= 15 is 0 Å². The molecule has 18 heavy (non-hydrogen) atoms. The van der Waals surface area contributed by atoms with Gasteiger partial charge in [-0.05, 0) is 31.4 Å². The van der Waals surface area contributed by atoms with Gasteiger partial charge < -0.3 is 5.32 Å². The minimum absolute atomic E-state index is 0.459. The maximum atomic E-state index is 6.19. The quantitative estimate of drug-likeness (QED) is 0.847. The lowest BCUT2D eigenvalue weighted by Gasteiger charge is -2.24. The van der Waals surface area contributed by atoms with E-state index in [4.69, 9.17) is 23.2 Å². The van der Waals surface area contributed by atoms with Gasteiger partial charge in [-0.2, -0.15) is 0 Å². The number of hydrogen-bond acceptors (Lipinski definition) is 3. The number of likely N-dealkylation sites (tertiary alicyclic amines) is 1. The van der Waals surface area contributed by atoms with Crippen LogP contribution in [0.1, 0.15) is 18.4 Å². The standard InChI is InChI=1S/C13H17Cl2N3/c14-11-4-13(15)17-5-10(11)7-18-6-9-2-1-3-16-12(9)8-18/h4-5,9,12,16H,1-3,6-8H2. The van der Waals surface area contributed by atoms with Gasteiger partial charge >= 0.3 is 0 Å². The first-order chi connectivity index (χ1) is 8.72. The number of nitrogens with one attached hydrogen (secondary N) is 1. The summed E-state index contributed by atoms with van der Waals surface area (Å²) in [4.78, 5) is 6.57. The first-order valence-corrected chi connectivity index (χ1v) is 7.23.